The molecule has 0 atom stereocenters. The minimum Gasteiger partial charge on any atom is -0.322 e. The number of nitrogens with zero attached hydrogens (tertiary/aromatic N) is 1. The highest BCUT2D eigenvalue weighted by atomic mass is 32.2. The number of anilines is 2. The highest BCUT2D eigenvalue weighted by molar-refractivity contribution is 7.92. The summed E-state index contributed by atoms with van der Waals surface area (Å²) in [5, 5.41) is 2.22. The molecule has 1 N–H and O–H groups in total. The molecule has 0 unspecified atom stereocenters. The van der Waals surface area contributed by atoms with Crippen LogP contribution in [0.15, 0.2) is 77.7 Å². The van der Waals surface area contributed by atoms with E-state index in [-0.39, 0.29) is 16.3 Å². The number of amides is 1. The molecule has 0 bridgehead atoms. The first-order chi connectivity index (χ1) is 13.8. The maximum atomic E-state index is 13.8. The summed E-state index contributed by atoms with van der Waals surface area (Å²) in [6, 6.07) is 14.5. The second kappa shape index (κ2) is 8.36. The van der Waals surface area contributed by atoms with Gasteiger partial charge in [-0.3, -0.25) is 9.10 Å². The van der Waals surface area contributed by atoms with E-state index in [0.29, 0.717) is 6.07 Å². The summed E-state index contributed by atoms with van der Waals surface area (Å²) in [6.07, 6.45) is 0. The summed E-state index contributed by atoms with van der Waals surface area (Å²) in [5.41, 5.74) is -0.102. The van der Waals surface area contributed by atoms with E-state index >= 15 is 0 Å². The fourth-order valence-electron chi connectivity index (χ4n) is 2.55. The zero-order chi connectivity index (χ0) is 21.0. The van der Waals surface area contributed by atoms with E-state index in [9.17, 15) is 26.4 Å². The van der Waals surface area contributed by atoms with Gasteiger partial charge in [-0.1, -0.05) is 18.2 Å². The minimum absolute atomic E-state index is 0.187. The Morgan fingerprint density at radius 1 is 0.862 bits per heavy atom. The Hall–Kier alpha value is -3.33. The number of carbonyl (C=O) groups excluding carboxylic acids is 1. The van der Waals surface area contributed by atoms with Crippen LogP contribution in [0.5, 0.6) is 0 Å². The average Bonchev–Trinajstić information content (AvgIpc) is 2.69. The van der Waals surface area contributed by atoms with Crippen LogP contribution >= 0.6 is 0 Å². The van der Waals surface area contributed by atoms with Crippen LogP contribution in [-0.4, -0.2) is 20.9 Å². The fourth-order valence-corrected chi connectivity index (χ4v) is 3.98. The van der Waals surface area contributed by atoms with Gasteiger partial charge in [-0.25, -0.2) is 21.6 Å². The van der Waals surface area contributed by atoms with Crippen molar-refractivity contribution in [2.45, 2.75) is 4.90 Å². The van der Waals surface area contributed by atoms with E-state index in [2.05, 4.69) is 5.32 Å². The molecule has 0 spiro atoms. The van der Waals surface area contributed by atoms with Gasteiger partial charge in [0.25, 0.3) is 10.0 Å². The predicted molar refractivity (Wildman–Crippen MR) is 102 cm³/mol. The molecule has 0 heterocycles. The molecule has 0 aliphatic carbocycles. The maximum Gasteiger partial charge on any atom is 0.264 e. The molecule has 3 aromatic rings. The molecule has 0 radical (unpaired) electrons. The van der Waals surface area contributed by atoms with E-state index < -0.39 is 39.9 Å². The molecule has 3 aromatic carbocycles. The molecular weight excluding hydrogens is 405 g/mol. The molecule has 5 nitrogen and oxygen atoms in total. The van der Waals surface area contributed by atoms with Gasteiger partial charge in [0.1, 0.15) is 24.0 Å². The highest BCUT2D eigenvalue weighted by Crippen LogP contribution is 2.24. The standard InChI is InChI=1S/C20H15F3N2O3S/c21-14-6-9-17(10-7-14)29(27,28)25(16-4-2-1-3-5-16)13-20(26)24-19-11-8-15(22)12-18(19)23/h1-12H,13H2,(H,24,26). The van der Waals surface area contributed by atoms with Gasteiger partial charge in [0.2, 0.25) is 5.91 Å². The second-order valence-corrected chi connectivity index (χ2v) is 7.84. The summed E-state index contributed by atoms with van der Waals surface area (Å²) in [6.45, 7) is -0.680. The van der Waals surface area contributed by atoms with Crippen LogP contribution in [0.1, 0.15) is 0 Å². The first-order valence-corrected chi connectivity index (χ1v) is 9.79. The van der Waals surface area contributed by atoms with Crippen molar-refractivity contribution in [3.63, 3.8) is 0 Å². The Morgan fingerprint density at radius 2 is 1.48 bits per heavy atom. The van der Waals surface area contributed by atoms with Crippen LogP contribution in [0.25, 0.3) is 0 Å². The smallest absolute Gasteiger partial charge is 0.264 e. The molecule has 1 amide bonds. The number of halogens is 3. The third-order valence-electron chi connectivity index (χ3n) is 3.94. The molecular formula is C20H15F3N2O3S. The average molecular weight is 420 g/mol. The molecule has 3 rings (SSSR count). The Balaban J connectivity index is 1.92. The van der Waals surface area contributed by atoms with Crippen molar-refractivity contribution in [1.29, 1.82) is 0 Å². The molecule has 9 heteroatoms. The molecule has 29 heavy (non-hydrogen) atoms. The lowest BCUT2D eigenvalue weighted by Crippen LogP contribution is -2.38. The van der Waals surface area contributed by atoms with Gasteiger partial charge in [-0.2, -0.15) is 0 Å². The summed E-state index contributed by atoms with van der Waals surface area (Å²) in [5.74, 6) is -3.26. The van der Waals surface area contributed by atoms with E-state index in [0.717, 1.165) is 40.7 Å². The number of benzene rings is 3. The van der Waals surface area contributed by atoms with Gasteiger partial charge in [-0.15, -0.1) is 0 Å². The van der Waals surface area contributed by atoms with Crippen molar-refractivity contribution in [3.8, 4) is 0 Å². The third-order valence-corrected chi connectivity index (χ3v) is 5.73. The van der Waals surface area contributed by atoms with Crippen molar-refractivity contribution in [3.05, 3.63) is 90.2 Å². The van der Waals surface area contributed by atoms with Crippen molar-refractivity contribution >= 4 is 27.3 Å². The maximum absolute atomic E-state index is 13.8. The van der Waals surface area contributed by atoms with Crippen LogP contribution in [0, 0.1) is 17.5 Å². The number of rotatable bonds is 6. The zero-order valence-corrected chi connectivity index (χ0v) is 15.7. The number of para-hydroxylation sites is 1. The predicted octanol–water partition coefficient (Wildman–Crippen LogP) is 3.94. The second-order valence-electron chi connectivity index (χ2n) is 5.97. The van der Waals surface area contributed by atoms with Crippen LogP contribution < -0.4 is 9.62 Å². The van der Waals surface area contributed by atoms with E-state index in [4.69, 9.17) is 0 Å². The first-order valence-electron chi connectivity index (χ1n) is 8.35. The fraction of sp³-hybridized carbons (Fsp3) is 0.0500. The van der Waals surface area contributed by atoms with Crippen LogP contribution in [-0.2, 0) is 14.8 Å². The summed E-state index contributed by atoms with van der Waals surface area (Å²) in [7, 11) is -4.22. The van der Waals surface area contributed by atoms with Crippen LogP contribution in [0.3, 0.4) is 0 Å². The van der Waals surface area contributed by atoms with E-state index in [1.165, 1.54) is 12.1 Å². The van der Waals surface area contributed by atoms with Gasteiger partial charge in [-0.05, 0) is 48.5 Å². The Kier molecular flexibility index (Phi) is 5.88. The summed E-state index contributed by atoms with van der Waals surface area (Å²) >= 11 is 0. The van der Waals surface area contributed by atoms with Gasteiger partial charge < -0.3 is 5.32 Å². The molecule has 150 valence electrons. The monoisotopic (exact) mass is 420 g/mol. The number of hydrogen-bond donors (Lipinski definition) is 1. The van der Waals surface area contributed by atoms with Crippen molar-refractivity contribution in [2.24, 2.45) is 0 Å². The number of nitrogens with one attached hydrogen (secondary N) is 1. The van der Waals surface area contributed by atoms with Gasteiger partial charge in [0.15, 0.2) is 0 Å². The third kappa shape index (κ3) is 4.75. The minimum atomic E-state index is -4.22. The van der Waals surface area contributed by atoms with Crippen LogP contribution in [0.2, 0.25) is 0 Å². The number of hydrogen-bond acceptors (Lipinski definition) is 3. The number of sulfonamides is 1. The molecule has 0 fully saturated rings. The lowest BCUT2D eigenvalue weighted by atomic mass is 10.3. The molecule has 0 aromatic heterocycles. The molecule has 0 aliphatic rings. The van der Waals surface area contributed by atoms with Crippen molar-refractivity contribution in [2.75, 3.05) is 16.2 Å². The van der Waals surface area contributed by atoms with E-state index in [1.807, 2.05) is 0 Å². The molecule has 0 saturated carbocycles. The normalized spacial score (nSPS) is 11.1. The van der Waals surface area contributed by atoms with Crippen molar-refractivity contribution in [1.82, 2.24) is 0 Å². The van der Waals surface area contributed by atoms with Crippen molar-refractivity contribution < 1.29 is 26.4 Å². The van der Waals surface area contributed by atoms with Gasteiger partial charge in [0.05, 0.1) is 16.3 Å². The van der Waals surface area contributed by atoms with E-state index in [1.54, 1.807) is 18.2 Å². The Bertz CT molecular complexity index is 1120. The van der Waals surface area contributed by atoms with Gasteiger partial charge >= 0.3 is 0 Å². The molecule has 0 saturated heterocycles. The topological polar surface area (TPSA) is 66.5 Å². The number of carbonyl (C=O) groups is 1. The largest absolute Gasteiger partial charge is 0.322 e. The highest BCUT2D eigenvalue weighted by Gasteiger charge is 2.27. The zero-order valence-electron chi connectivity index (χ0n) is 14.8. The summed E-state index contributed by atoms with van der Waals surface area (Å²) in [4.78, 5) is 12.2. The first kappa shape index (κ1) is 20.4. The molecule has 0 aliphatic heterocycles. The van der Waals surface area contributed by atoms with Crippen LogP contribution in [0.4, 0.5) is 24.5 Å². The quantitative estimate of drug-likeness (QED) is 0.657. The lowest BCUT2D eigenvalue weighted by Gasteiger charge is -2.24. The SMILES string of the molecule is O=C(CN(c1ccccc1)S(=O)(=O)c1ccc(F)cc1)Nc1ccc(F)cc1F. The Morgan fingerprint density at radius 3 is 2.10 bits per heavy atom. The lowest BCUT2D eigenvalue weighted by molar-refractivity contribution is -0.114. The van der Waals surface area contributed by atoms with Gasteiger partial charge in [0, 0.05) is 6.07 Å². The summed E-state index contributed by atoms with van der Waals surface area (Å²) < 4.78 is 66.9. The Labute approximate surface area is 165 Å².